The third-order valence-electron chi connectivity index (χ3n) is 3.46. The van der Waals surface area contributed by atoms with E-state index in [1.807, 2.05) is 54.6 Å². The third-order valence-corrected chi connectivity index (χ3v) is 5.68. The van der Waals surface area contributed by atoms with Crippen LogP contribution in [0.5, 0.6) is 5.75 Å². The molecule has 0 aliphatic rings. The number of hydrogen-bond donors (Lipinski definition) is 1. The zero-order chi connectivity index (χ0) is 16.9. The van der Waals surface area contributed by atoms with Crippen LogP contribution in [0.25, 0.3) is 6.08 Å². The summed E-state index contributed by atoms with van der Waals surface area (Å²) in [5, 5.41) is 10.0. The van der Waals surface area contributed by atoms with Crippen LogP contribution < -0.4 is 0 Å². The van der Waals surface area contributed by atoms with Gasteiger partial charge in [0.25, 0.3) is 0 Å². The van der Waals surface area contributed by atoms with Crippen LogP contribution in [0.2, 0.25) is 0 Å². The number of nitrogens with zero attached hydrogens (tertiary/aromatic N) is 1. The molecule has 0 aliphatic heterocycles. The molecule has 0 radical (unpaired) electrons. The first-order valence-electron chi connectivity index (χ1n) is 7.40. The number of rotatable bonds is 5. The Balaban J connectivity index is 1.74. The summed E-state index contributed by atoms with van der Waals surface area (Å²) >= 11 is 3.37. The molecule has 5 heteroatoms. The van der Waals surface area contributed by atoms with Gasteiger partial charge in [-0.3, -0.25) is 4.79 Å². The fourth-order valence-electron chi connectivity index (χ4n) is 2.26. The van der Waals surface area contributed by atoms with Gasteiger partial charge in [0.15, 0.2) is 11.4 Å². The van der Waals surface area contributed by atoms with Gasteiger partial charge in [-0.15, -0.1) is 0 Å². The highest BCUT2D eigenvalue weighted by molar-refractivity contribution is 9.10. The molecule has 0 saturated carbocycles. The molecule has 24 heavy (non-hydrogen) atoms. The van der Waals surface area contributed by atoms with Crippen molar-refractivity contribution in [1.29, 1.82) is 0 Å². The van der Waals surface area contributed by atoms with Crippen LogP contribution in [0.3, 0.4) is 0 Å². The molecule has 1 unspecified atom stereocenters. The Morgan fingerprint density at radius 3 is 2.54 bits per heavy atom. The highest BCUT2D eigenvalue weighted by Crippen LogP contribution is 2.36. The Morgan fingerprint density at radius 1 is 1.12 bits per heavy atom. The van der Waals surface area contributed by atoms with Gasteiger partial charge in [0.2, 0.25) is 5.78 Å². The van der Waals surface area contributed by atoms with E-state index < -0.39 is 7.69 Å². The van der Waals surface area contributed by atoms with Gasteiger partial charge in [0.05, 0.1) is 0 Å². The molecule has 0 fully saturated rings. The van der Waals surface area contributed by atoms with E-state index >= 15 is 0 Å². The third kappa shape index (κ3) is 4.22. The van der Waals surface area contributed by atoms with Crippen molar-refractivity contribution in [3.63, 3.8) is 0 Å². The van der Waals surface area contributed by atoms with Crippen LogP contribution in [0.15, 0.2) is 70.9 Å². The molecule has 1 aromatic heterocycles. The Labute approximate surface area is 149 Å². The van der Waals surface area contributed by atoms with Crippen LogP contribution in [-0.4, -0.2) is 15.6 Å². The molecule has 1 N–H and O–H groups in total. The second-order valence-corrected chi connectivity index (χ2v) is 7.86. The van der Waals surface area contributed by atoms with Gasteiger partial charge in [-0.1, -0.05) is 64.5 Å². The number of carbonyl (C=O) groups is 1. The second-order valence-electron chi connectivity index (χ2n) is 5.30. The summed E-state index contributed by atoms with van der Waals surface area (Å²) in [6.45, 7) is 0. The largest absolute Gasteiger partial charge is 0.505 e. The zero-order valence-corrected chi connectivity index (χ0v) is 15.2. The van der Waals surface area contributed by atoms with Gasteiger partial charge in [0, 0.05) is 16.4 Å². The average Bonchev–Trinajstić information content (AvgIpc) is 2.95. The minimum atomic E-state index is -0.887. The zero-order valence-electron chi connectivity index (χ0n) is 12.8. The number of aromatic hydroxyl groups is 1. The van der Waals surface area contributed by atoms with Crippen LogP contribution in [-0.2, 0) is 6.16 Å². The van der Waals surface area contributed by atoms with Crippen molar-refractivity contribution in [3.05, 3.63) is 87.8 Å². The number of hydrogen-bond acceptors (Lipinski definition) is 3. The molecule has 0 spiro atoms. The predicted molar refractivity (Wildman–Crippen MR) is 102 cm³/mol. The summed E-state index contributed by atoms with van der Waals surface area (Å²) in [5.41, 5.74) is 2.22. The summed E-state index contributed by atoms with van der Waals surface area (Å²) in [6, 6.07) is 17.6. The summed E-state index contributed by atoms with van der Waals surface area (Å²) in [6.07, 6.45) is 3.91. The van der Waals surface area contributed by atoms with Gasteiger partial charge in [-0.25, -0.2) is 4.75 Å². The molecule has 1 heterocycles. The quantitative estimate of drug-likeness (QED) is 0.456. The van der Waals surface area contributed by atoms with E-state index in [2.05, 4.69) is 20.7 Å². The van der Waals surface area contributed by atoms with Crippen LogP contribution in [0.4, 0.5) is 0 Å². The lowest BCUT2D eigenvalue weighted by Gasteiger charge is -1.97. The highest BCUT2D eigenvalue weighted by atomic mass is 79.9. The van der Waals surface area contributed by atoms with Crippen molar-refractivity contribution in [3.8, 4) is 5.75 Å². The number of halogens is 1. The van der Waals surface area contributed by atoms with Crippen LogP contribution in [0, 0.1) is 0 Å². The number of aromatic nitrogens is 1. The van der Waals surface area contributed by atoms with Crippen LogP contribution >= 0.6 is 23.6 Å². The fraction of sp³-hybridized carbons (Fsp3) is 0.0526. The second kappa shape index (κ2) is 7.61. The van der Waals surface area contributed by atoms with E-state index in [9.17, 15) is 9.90 Å². The van der Waals surface area contributed by atoms with Gasteiger partial charge >= 0.3 is 0 Å². The Bertz CT molecular complexity index is 870. The molecule has 120 valence electrons. The van der Waals surface area contributed by atoms with Gasteiger partial charge in [-0.2, -0.15) is 0 Å². The molecule has 0 bridgehead atoms. The maximum atomic E-state index is 12.3. The maximum absolute atomic E-state index is 12.3. The van der Waals surface area contributed by atoms with Crippen molar-refractivity contribution in [1.82, 2.24) is 4.75 Å². The lowest BCUT2D eigenvalue weighted by Crippen LogP contribution is -1.94. The molecule has 0 saturated heterocycles. The van der Waals surface area contributed by atoms with Gasteiger partial charge in [-0.05, 0) is 37.0 Å². The molecular weight excluding hydrogens is 385 g/mol. The first kappa shape index (κ1) is 16.7. The normalized spacial score (nSPS) is 11.8. The molecule has 3 rings (SSSR count). The van der Waals surface area contributed by atoms with Crippen molar-refractivity contribution in [2.75, 3.05) is 0 Å². The van der Waals surface area contributed by atoms with E-state index in [-0.39, 0.29) is 17.2 Å². The Morgan fingerprint density at radius 2 is 1.83 bits per heavy atom. The highest BCUT2D eigenvalue weighted by Gasteiger charge is 2.14. The van der Waals surface area contributed by atoms with Crippen molar-refractivity contribution >= 4 is 35.5 Å². The van der Waals surface area contributed by atoms with E-state index in [4.69, 9.17) is 0 Å². The Hall–Kier alpha value is -2.16. The molecular formula is C19H15BrNO2P. The lowest BCUT2D eigenvalue weighted by molar-refractivity contribution is 0.104. The monoisotopic (exact) mass is 399 g/mol. The first-order valence-corrected chi connectivity index (χ1v) is 9.74. The standard InChI is InChI=1S/C19H15BrNO2P/c20-16-9-6-14(7-10-16)8-11-17(22)19-18(23)13-24(21-19)12-15-4-2-1-3-5-15/h1-11,13,23H,12H2/b11-8+. The SMILES string of the molecule is O=C(/C=C/c1ccc(Br)cc1)c1np(Cc2ccccc2)cc1O. The van der Waals surface area contributed by atoms with Crippen molar-refractivity contribution < 1.29 is 9.90 Å². The molecule has 0 aliphatic carbocycles. The average molecular weight is 400 g/mol. The molecule has 0 amide bonds. The molecule has 3 nitrogen and oxygen atoms in total. The topological polar surface area (TPSA) is 50.2 Å². The van der Waals surface area contributed by atoms with Crippen molar-refractivity contribution in [2.45, 2.75) is 6.16 Å². The van der Waals surface area contributed by atoms with Gasteiger partial charge in [0.1, 0.15) is 0 Å². The summed E-state index contributed by atoms with van der Waals surface area (Å²) in [5.74, 6) is 1.41. The smallest absolute Gasteiger partial charge is 0.208 e. The maximum Gasteiger partial charge on any atom is 0.208 e. The number of carbonyl (C=O) groups excluding carboxylic acids is 1. The van der Waals surface area contributed by atoms with E-state index in [1.165, 1.54) is 6.08 Å². The van der Waals surface area contributed by atoms with Crippen LogP contribution in [0.1, 0.15) is 21.6 Å². The van der Waals surface area contributed by atoms with E-state index in [1.54, 1.807) is 11.9 Å². The number of benzene rings is 2. The molecule has 3 aromatic rings. The fourth-order valence-corrected chi connectivity index (χ4v) is 4.19. The number of ketones is 1. The van der Waals surface area contributed by atoms with E-state index in [0.717, 1.165) is 21.8 Å². The predicted octanol–water partition coefficient (Wildman–Crippen LogP) is 5.48. The minimum Gasteiger partial charge on any atom is -0.505 e. The summed E-state index contributed by atoms with van der Waals surface area (Å²) in [4.78, 5) is 12.3. The minimum absolute atomic E-state index is 0.0116. The van der Waals surface area contributed by atoms with Crippen molar-refractivity contribution in [2.24, 2.45) is 0 Å². The lowest BCUT2D eigenvalue weighted by atomic mass is 10.2. The summed E-state index contributed by atoms with van der Waals surface area (Å²) < 4.78 is 5.41. The van der Waals surface area contributed by atoms with Gasteiger partial charge < -0.3 is 5.11 Å². The molecule has 1 atom stereocenters. The van der Waals surface area contributed by atoms with E-state index in [0.29, 0.717) is 0 Å². The number of allylic oxidation sites excluding steroid dienone is 1. The molecule has 2 aromatic carbocycles. The first-order chi connectivity index (χ1) is 11.6. The Kier molecular flexibility index (Phi) is 5.29. The summed E-state index contributed by atoms with van der Waals surface area (Å²) in [7, 11) is -0.887.